The average Bonchev–Trinajstić information content (AvgIpc) is 3.66. The molecular formula is C37H35FN6O. The molecule has 0 aliphatic heterocycles. The standard InChI is InChI=1S/C37H33FN6O.H2/c38-30-11-13-31(14-12-30)44-35-18-29-10-9-28-17-34(32-7-1-2-8-33(32)37(28,29)19-27(35)22-41-44)42-36(45)43(23-25-5-3-15-39-20-25)24-26-6-4-16-40-21-26;/h1-8,11-16,18,20-22,28,34H,9-10,17,19,23-24H2,(H,42,45);1H/t28-,34?,37+;/m1./s1. The number of fused-ring (bicyclic) bond motifs is 2. The van der Waals surface area contributed by atoms with Crippen LogP contribution in [0.25, 0.3) is 11.8 Å². The molecule has 7 nitrogen and oxygen atoms in total. The van der Waals surface area contributed by atoms with Crippen LogP contribution in [0.15, 0.2) is 109 Å². The maximum absolute atomic E-state index is 14.1. The number of hydrogen-bond acceptors (Lipinski definition) is 4. The van der Waals surface area contributed by atoms with Crippen molar-refractivity contribution in [2.45, 2.75) is 50.2 Å². The zero-order valence-corrected chi connectivity index (χ0v) is 24.8. The monoisotopic (exact) mass is 598 g/mol. The maximum atomic E-state index is 14.1. The Morgan fingerprint density at radius 2 is 1.69 bits per heavy atom. The number of carbonyl (C=O) groups is 1. The van der Waals surface area contributed by atoms with Crippen molar-refractivity contribution in [2.24, 2.45) is 5.92 Å². The van der Waals surface area contributed by atoms with Crippen LogP contribution in [0.1, 0.15) is 60.2 Å². The highest BCUT2D eigenvalue weighted by Crippen LogP contribution is 2.60. The van der Waals surface area contributed by atoms with Gasteiger partial charge in [0.2, 0.25) is 0 Å². The first-order valence-electron chi connectivity index (χ1n) is 15.5. The fourth-order valence-electron chi connectivity index (χ4n) is 7.88. The minimum atomic E-state index is -0.256. The van der Waals surface area contributed by atoms with E-state index in [0.717, 1.165) is 48.2 Å². The first-order chi connectivity index (χ1) is 22.1. The summed E-state index contributed by atoms with van der Waals surface area (Å²) in [5.41, 5.74) is 8.89. The van der Waals surface area contributed by atoms with Gasteiger partial charge in [0.25, 0.3) is 0 Å². The molecule has 1 spiro atoms. The van der Waals surface area contributed by atoms with Crippen LogP contribution in [0.3, 0.4) is 0 Å². The van der Waals surface area contributed by atoms with Crippen LogP contribution in [-0.2, 0) is 24.9 Å². The van der Waals surface area contributed by atoms with Crippen molar-refractivity contribution in [3.05, 3.63) is 149 Å². The fraction of sp³-hybridized carbons (Fsp3) is 0.243. The zero-order valence-electron chi connectivity index (χ0n) is 24.8. The lowest BCUT2D eigenvalue weighted by Crippen LogP contribution is -2.47. The lowest BCUT2D eigenvalue weighted by molar-refractivity contribution is 0.180. The fourth-order valence-corrected chi connectivity index (χ4v) is 7.88. The summed E-state index contributed by atoms with van der Waals surface area (Å²) in [6.45, 7) is 0.897. The van der Waals surface area contributed by atoms with E-state index in [9.17, 15) is 9.18 Å². The van der Waals surface area contributed by atoms with Gasteiger partial charge < -0.3 is 10.2 Å². The van der Waals surface area contributed by atoms with Crippen molar-refractivity contribution in [1.82, 2.24) is 30.0 Å². The van der Waals surface area contributed by atoms with Crippen LogP contribution < -0.4 is 5.32 Å². The molecule has 45 heavy (non-hydrogen) atoms. The SMILES string of the molecule is O=C(NC1C[C@H]2CCC3=Cc4c(cnn4-c4ccc(F)cc4)C[C@@]32c2ccccc21)N(Cc1cccnc1)Cc1cccnc1.[HH]. The van der Waals surface area contributed by atoms with Crippen LogP contribution in [0.5, 0.6) is 0 Å². The summed E-state index contributed by atoms with van der Waals surface area (Å²) in [5.74, 6) is 0.129. The van der Waals surface area contributed by atoms with Gasteiger partial charge in [-0.15, -0.1) is 0 Å². The van der Waals surface area contributed by atoms with Crippen molar-refractivity contribution in [3.63, 3.8) is 0 Å². The number of halogens is 1. The molecular weight excluding hydrogens is 563 g/mol. The predicted octanol–water partition coefficient (Wildman–Crippen LogP) is 7.19. The van der Waals surface area contributed by atoms with Gasteiger partial charge in [0, 0.05) is 44.7 Å². The van der Waals surface area contributed by atoms with Gasteiger partial charge in [-0.3, -0.25) is 9.97 Å². The summed E-state index contributed by atoms with van der Waals surface area (Å²) >= 11 is 0. The van der Waals surface area contributed by atoms with E-state index in [4.69, 9.17) is 5.10 Å². The van der Waals surface area contributed by atoms with E-state index in [1.807, 2.05) is 52.4 Å². The Balaban J connectivity index is 0.00000338. The van der Waals surface area contributed by atoms with Gasteiger partial charge in [0.15, 0.2) is 0 Å². The lowest BCUT2D eigenvalue weighted by Gasteiger charge is -2.47. The molecule has 226 valence electrons. The number of aromatic nitrogens is 4. The largest absolute Gasteiger partial charge is 0.331 e. The van der Waals surface area contributed by atoms with E-state index >= 15 is 0 Å². The van der Waals surface area contributed by atoms with Crippen LogP contribution in [0.4, 0.5) is 9.18 Å². The minimum absolute atomic E-state index is 0. The molecule has 1 fully saturated rings. The third-order valence-electron chi connectivity index (χ3n) is 9.88. The molecule has 1 unspecified atom stereocenters. The molecule has 3 heterocycles. The maximum Gasteiger partial charge on any atom is 0.318 e. The van der Waals surface area contributed by atoms with E-state index in [1.54, 1.807) is 24.5 Å². The van der Waals surface area contributed by atoms with Gasteiger partial charge in [-0.1, -0.05) is 42.0 Å². The predicted molar refractivity (Wildman–Crippen MR) is 172 cm³/mol. The van der Waals surface area contributed by atoms with Crippen molar-refractivity contribution in [1.29, 1.82) is 0 Å². The Hall–Kier alpha value is -5.11. The van der Waals surface area contributed by atoms with Crippen molar-refractivity contribution >= 4 is 12.1 Å². The molecule has 2 aromatic carbocycles. The van der Waals surface area contributed by atoms with Gasteiger partial charge >= 0.3 is 6.03 Å². The first-order valence-corrected chi connectivity index (χ1v) is 15.5. The number of urea groups is 1. The Bertz CT molecular complexity index is 1850. The van der Waals surface area contributed by atoms with E-state index < -0.39 is 0 Å². The summed E-state index contributed by atoms with van der Waals surface area (Å²) < 4.78 is 15.6. The van der Waals surface area contributed by atoms with Gasteiger partial charge in [0.1, 0.15) is 5.82 Å². The third kappa shape index (κ3) is 4.81. The number of allylic oxidation sites excluding steroid dienone is 1. The molecule has 3 aliphatic carbocycles. The Morgan fingerprint density at radius 3 is 2.40 bits per heavy atom. The second-order valence-electron chi connectivity index (χ2n) is 12.4. The quantitative estimate of drug-likeness (QED) is 0.225. The minimum Gasteiger partial charge on any atom is -0.331 e. The summed E-state index contributed by atoms with van der Waals surface area (Å²) in [6.07, 6.45) is 15.2. The highest BCUT2D eigenvalue weighted by atomic mass is 19.1. The first kappa shape index (κ1) is 27.4. The van der Waals surface area contributed by atoms with E-state index in [0.29, 0.717) is 19.0 Å². The number of amides is 2. The Labute approximate surface area is 263 Å². The number of nitrogens with one attached hydrogen (secondary N) is 1. The molecule has 0 saturated heterocycles. The third-order valence-corrected chi connectivity index (χ3v) is 9.88. The van der Waals surface area contributed by atoms with E-state index in [1.165, 1.54) is 34.4 Å². The van der Waals surface area contributed by atoms with Crippen molar-refractivity contribution in [2.75, 3.05) is 0 Å². The van der Waals surface area contributed by atoms with E-state index in [-0.39, 0.29) is 24.7 Å². The molecule has 0 bridgehead atoms. The molecule has 1 saturated carbocycles. The van der Waals surface area contributed by atoms with Crippen molar-refractivity contribution < 1.29 is 10.6 Å². The molecule has 0 radical (unpaired) electrons. The van der Waals surface area contributed by atoms with Gasteiger partial charge in [-0.2, -0.15) is 5.10 Å². The van der Waals surface area contributed by atoms with E-state index in [2.05, 4.69) is 45.6 Å². The molecule has 3 atom stereocenters. The second-order valence-corrected chi connectivity index (χ2v) is 12.4. The molecule has 1 N–H and O–H groups in total. The molecule has 3 aromatic heterocycles. The Morgan fingerprint density at radius 1 is 0.956 bits per heavy atom. The number of hydrogen-bond donors (Lipinski definition) is 1. The smallest absolute Gasteiger partial charge is 0.318 e. The number of carbonyl (C=O) groups excluding carboxylic acids is 1. The zero-order chi connectivity index (χ0) is 30.4. The number of rotatable bonds is 6. The summed E-state index contributed by atoms with van der Waals surface area (Å²) in [7, 11) is 0. The van der Waals surface area contributed by atoms with Gasteiger partial charge in [0.05, 0.1) is 23.6 Å². The lowest BCUT2D eigenvalue weighted by atomic mass is 9.58. The van der Waals surface area contributed by atoms with Crippen LogP contribution in [0, 0.1) is 11.7 Å². The average molecular weight is 599 g/mol. The van der Waals surface area contributed by atoms with Gasteiger partial charge in [-0.05, 0) is 102 Å². The number of benzene rings is 2. The summed E-state index contributed by atoms with van der Waals surface area (Å²) in [5, 5.41) is 8.19. The molecule has 2 amide bonds. The van der Waals surface area contributed by atoms with Gasteiger partial charge in [-0.25, -0.2) is 13.9 Å². The molecule has 5 aromatic rings. The molecule has 8 rings (SSSR count). The normalized spacial score (nSPS) is 21.1. The van der Waals surface area contributed by atoms with Crippen LogP contribution in [0.2, 0.25) is 0 Å². The highest BCUT2D eigenvalue weighted by Gasteiger charge is 2.54. The number of nitrogens with zero attached hydrogens (tertiary/aromatic N) is 5. The number of pyridine rings is 2. The van der Waals surface area contributed by atoms with Crippen LogP contribution in [-0.4, -0.2) is 30.7 Å². The van der Waals surface area contributed by atoms with Crippen LogP contribution >= 0.6 is 0 Å². The van der Waals surface area contributed by atoms with Crippen molar-refractivity contribution in [3.8, 4) is 5.69 Å². The highest BCUT2D eigenvalue weighted by molar-refractivity contribution is 5.75. The molecule has 3 aliphatic rings. The Kier molecular flexibility index (Phi) is 6.77. The second kappa shape index (κ2) is 11.1. The summed E-state index contributed by atoms with van der Waals surface area (Å²) in [6, 6.07) is 22.8. The summed E-state index contributed by atoms with van der Waals surface area (Å²) in [4.78, 5) is 24.4. The topological polar surface area (TPSA) is 75.9 Å². The molecule has 8 heteroatoms.